The molecule has 1 aromatic carbocycles. The Kier molecular flexibility index (Phi) is 3.50. The first-order valence-electron chi connectivity index (χ1n) is 6.23. The number of nitrogens with zero attached hydrogens (tertiary/aromatic N) is 1. The van der Waals surface area contributed by atoms with E-state index >= 15 is 0 Å². The van der Waals surface area contributed by atoms with Crippen LogP contribution in [0.25, 0.3) is 0 Å². The van der Waals surface area contributed by atoms with Crippen molar-refractivity contribution < 1.29 is 19.4 Å². The Balaban J connectivity index is 1.65. The van der Waals surface area contributed by atoms with Crippen molar-refractivity contribution in [3.05, 3.63) is 46.5 Å². The number of benzene rings is 1. The van der Waals surface area contributed by atoms with Crippen molar-refractivity contribution in [1.82, 2.24) is 4.90 Å². The van der Waals surface area contributed by atoms with Crippen molar-refractivity contribution in [1.29, 1.82) is 0 Å². The maximum atomic E-state index is 11.4. The molecule has 3 rings (SSSR count). The number of fused-ring (bicyclic) bond motifs is 1. The molecular formula is C14H13NO4S. The molecule has 0 radical (unpaired) electrons. The van der Waals surface area contributed by atoms with E-state index in [1.54, 1.807) is 0 Å². The first-order chi connectivity index (χ1) is 9.66. The molecule has 1 amide bonds. The van der Waals surface area contributed by atoms with E-state index in [9.17, 15) is 14.7 Å². The Morgan fingerprint density at radius 2 is 2.10 bits per heavy atom. The molecule has 0 spiro atoms. The van der Waals surface area contributed by atoms with Gasteiger partial charge in [-0.3, -0.25) is 9.69 Å². The highest BCUT2D eigenvalue weighted by Crippen LogP contribution is 2.46. The highest BCUT2D eigenvalue weighted by Gasteiger charge is 2.48. The summed E-state index contributed by atoms with van der Waals surface area (Å²) in [5.74, 6) is -1.19. The molecule has 2 aliphatic heterocycles. The van der Waals surface area contributed by atoms with E-state index in [-0.39, 0.29) is 23.6 Å². The van der Waals surface area contributed by atoms with Gasteiger partial charge < -0.3 is 9.84 Å². The molecule has 5 nitrogen and oxygen atoms in total. The minimum absolute atomic E-state index is 0.0519. The summed E-state index contributed by atoms with van der Waals surface area (Å²) in [7, 11) is 0. The van der Waals surface area contributed by atoms with Crippen molar-refractivity contribution >= 4 is 23.6 Å². The standard InChI is InChI=1S/C14H13NO4S/c16-11-6-12-15(11)13(14(17)18)10(20-12)8-19-7-9-4-2-1-3-5-9/h1-5,12H,6-8H2,(H,17,18)/t12-/m1/s1. The maximum Gasteiger partial charge on any atom is 0.353 e. The predicted octanol–water partition coefficient (Wildman–Crippen LogP) is 1.80. The number of amides is 1. The number of aliphatic carboxylic acids is 1. The van der Waals surface area contributed by atoms with Gasteiger partial charge >= 0.3 is 5.97 Å². The molecule has 20 heavy (non-hydrogen) atoms. The van der Waals surface area contributed by atoms with Crippen molar-refractivity contribution in [3.8, 4) is 0 Å². The van der Waals surface area contributed by atoms with Crippen molar-refractivity contribution in [2.45, 2.75) is 18.4 Å². The van der Waals surface area contributed by atoms with Gasteiger partial charge in [0, 0.05) is 4.91 Å². The fraction of sp³-hybridized carbons (Fsp3) is 0.286. The summed E-state index contributed by atoms with van der Waals surface area (Å²) in [6.45, 7) is 0.651. The van der Waals surface area contributed by atoms with Crippen LogP contribution in [-0.2, 0) is 20.9 Å². The van der Waals surface area contributed by atoms with E-state index in [4.69, 9.17) is 4.74 Å². The zero-order valence-electron chi connectivity index (χ0n) is 10.6. The van der Waals surface area contributed by atoms with Crippen LogP contribution in [0.2, 0.25) is 0 Å². The van der Waals surface area contributed by atoms with E-state index in [0.717, 1.165) is 5.56 Å². The van der Waals surface area contributed by atoms with Gasteiger partial charge in [0.25, 0.3) is 0 Å². The van der Waals surface area contributed by atoms with E-state index in [0.29, 0.717) is 17.9 Å². The molecule has 0 bridgehead atoms. The molecule has 2 heterocycles. The van der Waals surface area contributed by atoms with Crippen LogP contribution >= 0.6 is 11.8 Å². The fourth-order valence-corrected chi connectivity index (χ4v) is 3.60. The molecule has 1 fully saturated rings. The first kappa shape index (κ1) is 13.2. The van der Waals surface area contributed by atoms with Crippen molar-refractivity contribution in [3.63, 3.8) is 0 Å². The van der Waals surface area contributed by atoms with Crippen LogP contribution in [0.3, 0.4) is 0 Å². The fourth-order valence-electron chi connectivity index (χ4n) is 2.27. The Labute approximate surface area is 120 Å². The number of hydrogen-bond acceptors (Lipinski definition) is 4. The molecule has 2 aliphatic rings. The minimum Gasteiger partial charge on any atom is -0.477 e. The van der Waals surface area contributed by atoms with Crippen LogP contribution in [0.5, 0.6) is 0 Å². The third-order valence-electron chi connectivity index (χ3n) is 3.24. The Hall–Kier alpha value is -1.79. The van der Waals surface area contributed by atoms with Gasteiger partial charge in [-0.1, -0.05) is 42.1 Å². The van der Waals surface area contributed by atoms with Gasteiger partial charge in [-0.25, -0.2) is 4.79 Å². The van der Waals surface area contributed by atoms with Gasteiger partial charge in [0.15, 0.2) is 0 Å². The number of thioether (sulfide) groups is 1. The van der Waals surface area contributed by atoms with E-state index < -0.39 is 5.97 Å². The quantitative estimate of drug-likeness (QED) is 0.838. The van der Waals surface area contributed by atoms with Gasteiger partial charge in [-0.2, -0.15) is 0 Å². The summed E-state index contributed by atoms with van der Waals surface area (Å²) in [4.78, 5) is 24.7. The minimum atomic E-state index is -1.06. The van der Waals surface area contributed by atoms with E-state index in [2.05, 4.69) is 0 Å². The molecular weight excluding hydrogens is 278 g/mol. The van der Waals surface area contributed by atoms with Crippen LogP contribution in [0.15, 0.2) is 40.9 Å². The topological polar surface area (TPSA) is 66.8 Å². The summed E-state index contributed by atoms with van der Waals surface area (Å²) in [5.41, 5.74) is 1.12. The predicted molar refractivity (Wildman–Crippen MR) is 73.6 cm³/mol. The van der Waals surface area contributed by atoms with Crippen LogP contribution in [-0.4, -0.2) is 33.9 Å². The lowest BCUT2D eigenvalue weighted by Crippen LogP contribution is -2.48. The summed E-state index contributed by atoms with van der Waals surface area (Å²) >= 11 is 1.41. The molecule has 1 atom stereocenters. The highest BCUT2D eigenvalue weighted by molar-refractivity contribution is 8.04. The zero-order valence-corrected chi connectivity index (χ0v) is 11.4. The number of carbonyl (C=O) groups excluding carboxylic acids is 1. The van der Waals surface area contributed by atoms with Gasteiger partial charge in [-0.15, -0.1) is 0 Å². The highest BCUT2D eigenvalue weighted by atomic mass is 32.2. The SMILES string of the molecule is O=C(O)C1=C(COCc2ccccc2)S[C@@H]2CC(=O)N12. The molecule has 104 valence electrons. The molecule has 1 N–H and O–H groups in total. The lowest BCUT2D eigenvalue weighted by atomic mass is 10.1. The number of carbonyl (C=O) groups is 2. The Bertz CT molecular complexity index is 584. The number of carboxylic acid groups (broad SMARTS) is 1. The summed E-state index contributed by atoms with van der Waals surface area (Å²) in [5, 5.41) is 9.17. The number of β-lactam (4-membered cyclic amide) rings is 1. The maximum absolute atomic E-state index is 11.4. The summed E-state index contributed by atoms with van der Waals surface area (Å²) < 4.78 is 5.56. The van der Waals surface area contributed by atoms with Crippen LogP contribution in [0.4, 0.5) is 0 Å². The largest absolute Gasteiger partial charge is 0.477 e. The third-order valence-corrected chi connectivity index (χ3v) is 4.48. The van der Waals surface area contributed by atoms with E-state index in [1.807, 2.05) is 30.3 Å². The second-order valence-electron chi connectivity index (χ2n) is 4.60. The molecule has 0 saturated carbocycles. The molecule has 1 aromatic rings. The van der Waals surface area contributed by atoms with Crippen LogP contribution in [0, 0.1) is 0 Å². The van der Waals surface area contributed by atoms with Crippen molar-refractivity contribution in [2.75, 3.05) is 6.61 Å². The van der Waals surface area contributed by atoms with Gasteiger partial charge in [0.1, 0.15) is 5.70 Å². The summed E-state index contributed by atoms with van der Waals surface area (Å²) in [6, 6.07) is 9.68. The van der Waals surface area contributed by atoms with Crippen LogP contribution in [0.1, 0.15) is 12.0 Å². The monoisotopic (exact) mass is 291 g/mol. The lowest BCUT2D eigenvalue weighted by molar-refractivity contribution is -0.145. The molecule has 1 saturated heterocycles. The van der Waals surface area contributed by atoms with E-state index in [1.165, 1.54) is 16.7 Å². The second-order valence-corrected chi connectivity index (χ2v) is 5.87. The Morgan fingerprint density at radius 3 is 2.75 bits per heavy atom. The third kappa shape index (κ3) is 2.32. The normalized spacial score (nSPS) is 20.9. The molecule has 6 heteroatoms. The van der Waals surface area contributed by atoms with Gasteiger partial charge in [0.2, 0.25) is 5.91 Å². The average molecular weight is 291 g/mol. The average Bonchev–Trinajstić information content (AvgIpc) is 2.73. The summed E-state index contributed by atoms with van der Waals surface area (Å²) in [6.07, 6.45) is 0.406. The van der Waals surface area contributed by atoms with Gasteiger partial charge in [0.05, 0.1) is 25.0 Å². The number of rotatable bonds is 5. The van der Waals surface area contributed by atoms with Crippen molar-refractivity contribution in [2.24, 2.45) is 0 Å². The second kappa shape index (κ2) is 5.30. The van der Waals surface area contributed by atoms with Gasteiger partial charge in [-0.05, 0) is 5.56 Å². The number of hydrogen-bond donors (Lipinski definition) is 1. The Morgan fingerprint density at radius 1 is 1.35 bits per heavy atom. The smallest absolute Gasteiger partial charge is 0.353 e. The number of ether oxygens (including phenoxy) is 1. The molecule has 0 aromatic heterocycles. The van der Waals surface area contributed by atoms with Crippen LogP contribution < -0.4 is 0 Å². The first-order valence-corrected chi connectivity index (χ1v) is 7.11. The molecule has 0 aliphatic carbocycles. The molecule has 0 unspecified atom stereocenters. The lowest BCUT2D eigenvalue weighted by Gasteiger charge is -2.33. The number of carboxylic acids is 1. The zero-order chi connectivity index (χ0) is 14.1.